The van der Waals surface area contributed by atoms with Gasteiger partial charge in [-0.1, -0.05) is 78.9 Å². The van der Waals surface area contributed by atoms with Gasteiger partial charge in [0.25, 0.3) is 0 Å². The number of carbonyl (C=O) groups excluding carboxylic acids is 1. The van der Waals surface area contributed by atoms with Gasteiger partial charge in [0.1, 0.15) is 6.04 Å². The van der Waals surface area contributed by atoms with Crippen molar-refractivity contribution in [2.75, 3.05) is 7.11 Å². The second-order valence-electron chi connectivity index (χ2n) is 7.48. The van der Waals surface area contributed by atoms with Crippen molar-refractivity contribution < 1.29 is 19.4 Å². The van der Waals surface area contributed by atoms with Gasteiger partial charge in [-0.25, -0.2) is 0 Å². The Morgan fingerprint density at radius 2 is 1.37 bits per heavy atom. The van der Waals surface area contributed by atoms with Crippen LogP contribution in [0.15, 0.2) is 78.9 Å². The largest absolute Gasteiger partial charge is 0.481 e. The van der Waals surface area contributed by atoms with Crippen LogP contribution in [0, 0.1) is 5.92 Å². The fourth-order valence-electron chi connectivity index (χ4n) is 4.36. The topological polar surface area (TPSA) is 75.6 Å². The van der Waals surface area contributed by atoms with Gasteiger partial charge in [0.2, 0.25) is 0 Å². The van der Waals surface area contributed by atoms with Crippen LogP contribution in [-0.2, 0) is 19.9 Å². The van der Waals surface area contributed by atoms with E-state index in [1.54, 1.807) is 0 Å². The number of ether oxygens (including phenoxy) is 1. The smallest absolute Gasteiger partial charge is 0.323 e. The number of esters is 1. The summed E-state index contributed by atoms with van der Waals surface area (Å²) < 4.78 is 4.99. The third kappa shape index (κ3) is 2.99. The van der Waals surface area contributed by atoms with Gasteiger partial charge in [0.05, 0.1) is 18.6 Å². The van der Waals surface area contributed by atoms with Gasteiger partial charge in [0.15, 0.2) is 0 Å². The molecule has 0 heterocycles. The lowest BCUT2D eigenvalue weighted by Crippen LogP contribution is -2.55. The van der Waals surface area contributed by atoms with Crippen LogP contribution in [0.5, 0.6) is 0 Å². The number of aliphatic carboxylic acids is 1. The molecular formula is C25H23NO4. The first-order valence-electron chi connectivity index (χ1n) is 9.84. The second-order valence-corrected chi connectivity index (χ2v) is 7.48. The molecule has 5 nitrogen and oxygen atoms in total. The van der Waals surface area contributed by atoms with Gasteiger partial charge in [-0.15, -0.1) is 0 Å². The number of nitrogens with one attached hydrogen (secondary N) is 1. The predicted molar refractivity (Wildman–Crippen MR) is 114 cm³/mol. The minimum atomic E-state index is -1.07. The van der Waals surface area contributed by atoms with Crippen LogP contribution in [0.2, 0.25) is 0 Å². The van der Waals surface area contributed by atoms with Gasteiger partial charge in [0, 0.05) is 0 Å². The van der Waals surface area contributed by atoms with Crippen LogP contribution in [0.4, 0.5) is 0 Å². The molecule has 152 valence electrons. The quantitative estimate of drug-likeness (QED) is 0.615. The van der Waals surface area contributed by atoms with Gasteiger partial charge in [-0.05, 0) is 34.7 Å². The van der Waals surface area contributed by atoms with Crippen LogP contribution in [0.25, 0.3) is 11.1 Å². The Hall–Kier alpha value is -3.44. The molecule has 0 bridgehead atoms. The maximum atomic E-state index is 12.7. The minimum absolute atomic E-state index is 0.609. The van der Waals surface area contributed by atoms with Crippen LogP contribution >= 0.6 is 0 Å². The summed E-state index contributed by atoms with van der Waals surface area (Å²) in [6.45, 7) is 1.52. The number of methoxy groups -OCH3 is 1. The molecule has 3 aromatic carbocycles. The molecule has 0 saturated heterocycles. The number of rotatable bonds is 6. The molecule has 0 saturated carbocycles. The van der Waals surface area contributed by atoms with E-state index in [1.165, 1.54) is 14.0 Å². The van der Waals surface area contributed by atoms with Crippen molar-refractivity contribution in [2.24, 2.45) is 5.92 Å². The average Bonchev–Trinajstić information content (AvgIpc) is 3.08. The summed E-state index contributed by atoms with van der Waals surface area (Å²) in [4.78, 5) is 24.5. The highest BCUT2D eigenvalue weighted by atomic mass is 16.5. The average molecular weight is 401 g/mol. The molecule has 1 aliphatic carbocycles. The van der Waals surface area contributed by atoms with Crippen LogP contribution in [-0.4, -0.2) is 30.2 Å². The fourth-order valence-corrected chi connectivity index (χ4v) is 4.36. The van der Waals surface area contributed by atoms with Crippen molar-refractivity contribution in [1.82, 2.24) is 5.32 Å². The molecule has 1 aliphatic rings. The fraction of sp³-hybridized carbons (Fsp3) is 0.200. The molecule has 2 unspecified atom stereocenters. The zero-order valence-electron chi connectivity index (χ0n) is 16.8. The van der Waals surface area contributed by atoms with E-state index >= 15 is 0 Å². The van der Waals surface area contributed by atoms with Crippen LogP contribution < -0.4 is 5.32 Å². The molecular weight excluding hydrogens is 378 g/mol. The second kappa shape index (κ2) is 7.76. The molecule has 3 aromatic rings. The Kier molecular flexibility index (Phi) is 5.14. The highest BCUT2D eigenvalue weighted by Gasteiger charge is 2.48. The summed E-state index contributed by atoms with van der Waals surface area (Å²) in [6, 6.07) is 24.8. The van der Waals surface area contributed by atoms with Crippen molar-refractivity contribution in [3.8, 4) is 11.1 Å². The Bertz CT molecular complexity index is 1050. The molecule has 0 radical (unpaired) electrons. The minimum Gasteiger partial charge on any atom is -0.481 e. The summed E-state index contributed by atoms with van der Waals surface area (Å²) in [5.41, 5.74) is 4.09. The van der Waals surface area contributed by atoms with Crippen LogP contribution in [0.1, 0.15) is 23.6 Å². The maximum absolute atomic E-state index is 12.7. The van der Waals surface area contributed by atoms with Crippen molar-refractivity contribution in [3.63, 3.8) is 0 Å². The van der Waals surface area contributed by atoms with Gasteiger partial charge >= 0.3 is 11.9 Å². The normalized spacial score (nSPS) is 15.5. The molecule has 0 aliphatic heterocycles. The number of fused-ring (bicyclic) bond motifs is 3. The van der Waals surface area contributed by atoms with Gasteiger partial charge in [-0.3, -0.25) is 14.9 Å². The third-order valence-corrected chi connectivity index (χ3v) is 5.88. The first-order valence-corrected chi connectivity index (χ1v) is 9.84. The lowest BCUT2D eigenvalue weighted by molar-refractivity contribution is -0.152. The Balaban J connectivity index is 2.01. The number of hydrogen-bond donors (Lipinski definition) is 2. The van der Waals surface area contributed by atoms with E-state index in [1.807, 2.05) is 78.9 Å². The number of carboxylic acid groups (broad SMARTS) is 1. The zero-order valence-corrected chi connectivity index (χ0v) is 16.8. The molecule has 0 spiro atoms. The molecule has 2 N–H and O–H groups in total. The summed E-state index contributed by atoms with van der Waals surface area (Å²) >= 11 is 0. The lowest BCUT2D eigenvalue weighted by Gasteiger charge is -2.38. The first-order chi connectivity index (χ1) is 14.5. The van der Waals surface area contributed by atoms with Crippen molar-refractivity contribution in [3.05, 3.63) is 95.6 Å². The summed E-state index contributed by atoms with van der Waals surface area (Å²) in [7, 11) is 1.28. The number of carbonyl (C=O) groups is 2. The van der Waals surface area contributed by atoms with Crippen molar-refractivity contribution in [2.45, 2.75) is 18.5 Å². The Labute approximate surface area is 175 Å². The van der Waals surface area contributed by atoms with E-state index in [0.717, 1.165) is 27.8 Å². The number of hydrogen-bond acceptors (Lipinski definition) is 4. The lowest BCUT2D eigenvalue weighted by atomic mass is 9.79. The summed E-state index contributed by atoms with van der Waals surface area (Å²) in [5.74, 6) is -2.67. The van der Waals surface area contributed by atoms with E-state index < -0.39 is 29.4 Å². The Morgan fingerprint density at radius 1 is 0.867 bits per heavy atom. The SMILES string of the molecule is COC(=O)C(NC1(c2ccccc2)c2ccccc2-c2ccccc21)C(C)C(=O)O. The molecule has 4 rings (SSSR count). The monoisotopic (exact) mass is 401 g/mol. The molecule has 5 heteroatoms. The zero-order chi connectivity index (χ0) is 21.3. The molecule has 0 aromatic heterocycles. The third-order valence-electron chi connectivity index (χ3n) is 5.88. The molecule has 30 heavy (non-hydrogen) atoms. The highest BCUT2D eigenvalue weighted by Crippen LogP contribution is 2.51. The van der Waals surface area contributed by atoms with Crippen molar-refractivity contribution >= 4 is 11.9 Å². The van der Waals surface area contributed by atoms with E-state index in [4.69, 9.17) is 4.74 Å². The molecule has 2 atom stereocenters. The molecule has 0 amide bonds. The van der Waals surface area contributed by atoms with E-state index in [2.05, 4.69) is 5.32 Å². The van der Waals surface area contributed by atoms with E-state index in [0.29, 0.717) is 0 Å². The van der Waals surface area contributed by atoms with Crippen LogP contribution in [0.3, 0.4) is 0 Å². The summed E-state index contributed by atoms with van der Waals surface area (Å²) in [5, 5.41) is 13.1. The van der Waals surface area contributed by atoms with E-state index in [9.17, 15) is 14.7 Å². The highest BCUT2D eigenvalue weighted by molar-refractivity contribution is 5.86. The standard InChI is InChI=1S/C25H23NO4/c1-16(23(27)28)22(24(29)30-2)26-25(17-10-4-3-5-11-17)20-14-8-6-12-18(20)19-13-7-9-15-21(19)25/h3-16,22,26H,1-2H3,(H,27,28). The maximum Gasteiger partial charge on any atom is 0.323 e. The number of benzene rings is 3. The first kappa shape index (κ1) is 19.9. The molecule has 0 fully saturated rings. The van der Waals surface area contributed by atoms with Gasteiger partial charge in [-0.2, -0.15) is 0 Å². The van der Waals surface area contributed by atoms with Crippen molar-refractivity contribution in [1.29, 1.82) is 0 Å². The number of carboxylic acids is 1. The van der Waals surface area contributed by atoms with Gasteiger partial charge < -0.3 is 9.84 Å². The predicted octanol–water partition coefficient (Wildman–Crippen LogP) is 3.81. The Morgan fingerprint density at radius 3 is 1.87 bits per heavy atom. The summed E-state index contributed by atoms with van der Waals surface area (Å²) in [6.07, 6.45) is 0. The van der Waals surface area contributed by atoms with E-state index in [-0.39, 0.29) is 0 Å².